The number of alkyl halides is 2. The number of thiocarbonyl (C=S) groups is 1. The van der Waals surface area contributed by atoms with Crippen LogP contribution in [-0.2, 0) is 9.53 Å². The molecule has 1 aromatic rings. The van der Waals surface area contributed by atoms with Crippen molar-refractivity contribution in [3.63, 3.8) is 0 Å². The Labute approximate surface area is 121 Å². The Balaban J connectivity index is 2.53. The number of nitrogens with one attached hydrogen (secondary N) is 1. The fraction of sp³-hybridized carbons (Fsp3) is 0.385. The molecule has 0 aliphatic rings. The van der Waals surface area contributed by atoms with E-state index < -0.39 is 13.0 Å². The molecule has 1 aromatic carbocycles. The van der Waals surface area contributed by atoms with Gasteiger partial charge in [-0.1, -0.05) is 24.4 Å². The minimum Gasteiger partial charge on any atom is -0.389 e. The largest absolute Gasteiger partial charge is 0.389 e. The average Bonchev–Trinajstić information content (AvgIpc) is 2.37. The van der Waals surface area contributed by atoms with Crippen molar-refractivity contribution in [3.05, 3.63) is 29.3 Å². The molecule has 0 aliphatic heterocycles. The standard InChI is InChI=1S/C13H16F2N2O2S/c1-8-2-3-9(13(16)20)6-10(8)17-12(18)4-5-19-7-11(14)15/h2-3,6,11H,4-5,7H2,1H3,(H2,16,20)(H,17,18). The van der Waals surface area contributed by atoms with E-state index in [1.54, 1.807) is 18.2 Å². The molecule has 0 saturated heterocycles. The van der Waals surface area contributed by atoms with Gasteiger partial charge in [-0.15, -0.1) is 0 Å². The number of amides is 1. The van der Waals surface area contributed by atoms with Gasteiger partial charge in [0.2, 0.25) is 5.91 Å². The number of hydrogen-bond donors (Lipinski definition) is 2. The van der Waals surface area contributed by atoms with Crippen molar-refractivity contribution >= 4 is 28.8 Å². The second-order valence-corrected chi connectivity index (χ2v) is 4.60. The summed E-state index contributed by atoms with van der Waals surface area (Å²) in [4.78, 5) is 11.9. The molecular weight excluding hydrogens is 286 g/mol. The lowest BCUT2D eigenvalue weighted by molar-refractivity contribution is -0.117. The zero-order chi connectivity index (χ0) is 15.1. The van der Waals surface area contributed by atoms with Crippen LogP contribution in [0, 0.1) is 6.92 Å². The molecule has 0 aromatic heterocycles. The smallest absolute Gasteiger partial charge is 0.261 e. The van der Waals surface area contributed by atoms with Crippen LogP contribution in [-0.4, -0.2) is 30.5 Å². The number of halogens is 2. The van der Waals surface area contributed by atoms with E-state index >= 15 is 0 Å². The predicted octanol–water partition coefficient (Wildman–Crippen LogP) is 2.24. The van der Waals surface area contributed by atoms with Crippen LogP contribution in [0.4, 0.5) is 14.5 Å². The molecule has 0 heterocycles. The first-order valence-corrected chi connectivity index (χ1v) is 6.37. The highest BCUT2D eigenvalue weighted by Gasteiger charge is 2.08. The van der Waals surface area contributed by atoms with Gasteiger partial charge >= 0.3 is 0 Å². The summed E-state index contributed by atoms with van der Waals surface area (Å²) in [7, 11) is 0. The lowest BCUT2D eigenvalue weighted by Crippen LogP contribution is -2.17. The van der Waals surface area contributed by atoms with Crippen molar-refractivity contribution < 1.29 is 18.3 Å². The minimum absolute atomic E-state index is 0.00343. The van der Waals surface area contributed by atoms with Gasteiger partial charge < -0.3 is 15.8 Å². The summed E-state index contributed by atoms with van der Waals surface area (Å²) in [5, 5.41) is 2.67. The van der Waals surface area contributed by atoms with Gasteiger partial charge in [-0.05, 0) is 18.6 Å². The van der Waals surface area contributed by atoms with E-state index in [-0.39, 0.29) is 23.9 Å². The fourth-order valence-corrected chi connectivity index (χ4v) is 1.59. The summed E-state index contributed by atoms with van der Waals surface area (Å²) >= 11 is 4.86. The molecule has 0 fully saturated rings. The second-order valence-electron chi connectivity index (χ2n) is 4.16. The topological polar surface area (TPSA) is 64.3 Å². The van der Waals surface area contributed by atoms with Crippen LogP contribution in [0.5, 0.6) is 0 Å². The lowest BCUT2D eigenvalue weighted by atomic mass is 10.1. The molecular formula is C13H16F2N2O2S. The molecule has 1 amide bonds. The first-order valence-electron chi connectivity index (χ1n) is 5.96. The fourth-order valence-electron chi connectivity index (χ4n) is 1.46. The Morgan fingerprint density at radius 3 is 2.80 bits per heavy atom. The first kappa shape index (κ1) is 16.5. The van der Waals surface area contributed by atoms with Crippen LogP contribution >= 0.6 is 12.2 Å². The van der Waals surface area contributed by atoms with Crippen LogP contribution in [0.3, 0.4) is 0 Å². The Hall–Kier alpha value is -1.60. The van der Waals surface area contributed by atoms with Crippen molar-refractivity contribution in [1.82, 2.24) is 0 Å². The molecule has 0 spiro atoms. The molecule has 20 heavy (non-hydrogen) atoms. The summed E-state index contributed by atoms with van der Waals surface area (Å²) in [6.45, 7) is 1.11. The zero-order valence-corrected chi connectivity index (χ0v) is 11.8. The number of benzene rings is 1. The molecule has 4 nitrogen and oxygen atoms in total. The van der Waals surface area contributed by atoms with Gasteiger partial charge in [0.1, 0.15) is 11.6 Å². The summed E-state index contributed by atoms with van der Waals surface area (Å²) in [5.41, 5.74) is 7.61. The molecule has 110 valence electrons. The number of rotatable bonds is 7. The average molecular weight is 302 g/mol. The van der Waals surface area contributed by atoms with Crippen LogP contribution in [0.2, 0.25) is 0 Å². The molecule has 0 aliphatic carbocycles. The molecule has 0 bridgehead atoms. The van der Waals surface area contributed by atoms with Gasteiger partial charge in [0, 0.05) is 11.3 Å². The van der Waals surface area contributed by atoms with Gasteiger partial charge in [-0.25, -0.2) is 8.78 Å². The predicted molar refractivity (Wildman–Crippen MR) is 77.1 cm³/mol. The second kappa shape index (κ2) is 7.86. The maximum absolute atomic E-state index is 11.8. The van der Waals surface area contributed by atoms with Crippen LogP contribution < -0.4 is 11.1 Å². The first-order chi connectivity index (χ1) is 9.40. The van der Waals surface area contributed by atoms with E-state index in [0.29, 0.717) is 11.3 Å². The van der Waals surface area contributed by atoms with Crippen molar-refractivity contribution in [1.29, 1.82) is 0 Å². The van der Waals surface area contributed by atoms with E-state index in [2.05, 4.69) is 10.1 Å². The third-order valence-corrected chi connectivity index (χ3v) is 2.75. The molecule has 0 unspecified atom stereocenters. The Morgan fingerprint density at radius 1 is 1.50 bits per heavy atom. The monoisotopic (exact) mass is 302 g/mol. The summed E-state index contributed by atoms with van der Waals surface area (Å²) in [5.74, 6) is -0.317. The molecule has 0 radical (unpaired) electrons. The van der Waals surface area contributed by atoms with E-state index in [9.17, 15) is 13.6 Å². The van der Waals surface area contributed by atoms with Crippen molar-refractivity contribution in [3.8, 4) is 0 Å². The van der Waals surface area contributed by atoms with Gasteiger partial charge in [0.25, 0.3) is 6.43 Å². The summed E-state index contributed by atoms with van der Waals surface area (Å²) in [6, 6.07) is 5.23. The number of carbonyl (C=O) groups excluding carboxylic acids is 1. The SMILES string of the molecule is Cc1ccc(C(N)=S)cc1NC(=O)CCOCC(F)F. The number of aryl methyl sites for hydroxylation is 1. The van der Waals surface area contributed by atoms with E-state index in [1.165, 1.54) is 0 Å². The Bertz CT molecular complexity index is 495. The summed E-state index contributed by atoms with van der Waals surface area (Å²) < 4.78 is 28.3. The normalized spacial score (nSPS) is 10.6. The van der Waals surface area contributed by atoms with Crippen molar-refractivity contribution in [2.45, 2.75) is 19.8 Å². The molecule has 3 N–H and O–H groups in total. The van der Waals surface area contributed by atoms with Gasteiger partial charge in [-0.3, -0.25) is 4.79 Å². The quantitative estimate of drug-likeness (QED) is 0.599. The number of hydrogen-bond acceptors (Lipinski definition) is 3. The minimum atomic E-state index is -2.53. The maximum Gasteiger partial charge on any atom is 0.261 e. The van der Waals surface area contributed by atoms with Gasteiger partial charge in [0.05, 0.1) is 13.0 Å². The highest BCUT2D eigenvalue weighted by Crippen LogP contribution is 2.17. The van der Waals surface area contributed by atoms with Crippen LogP contribution in [0.1, 0.15) is 17.5 Å². The highest BCUT2D eigenvalue weighted by atomic mass is 32.1. The van der Waals surface area contributed by atoms with Gasteiger partial charge in [0.15, 0.2) is 0 Å². The third kappa shape index (κ3) is 5.58. The Morgan fingerprint density at radius 2 is 2.20 bits per heavy atom. The number of nitrogens with two attached hydrogens (primary N) is 1. The lowest BCUT2D eigenvalue weighted by Gasteiger charge is -2.10. The van der Waals surface area contributed by atoms with E-state index in [4.69, 9.17) is 18.0 Å². The van der Waals surface area contributed by atoms with Crippen LogP contribution in [0.25, 0.3) is 0 Å². The van der Waals surface area contributed by atoms with Crippen LogP contribution in [0.15, 0.2) is 18.2 Å². The number of carbonyl (C=O) groups is 1. The summed E-state index contributed by atoms with van der Waals surface area (Å²) in [6.07, 6.45) is -2.52. The van der Waals surface area contributed by atoms with Crippen molar-refractivity contribution in [2.75, 3.05) is 18.5 Å². The molecule has 0 atom stereocenters. The maximum atomic E-state index is 11.8. The van der Waals surface area contributed by atoms with E-state index in [1.807, 2.05) is 6.92 Å². The van der Waals surface area contributed by atoms with E-state index in [0.717, 1.165) is 5.56 Å². The zero-order valence-electron chi connectivity index (χ0n) is 11.0. The molecule has 1 rings (SSSR count). The Kier molecular flexibility index (Phi) is 6.47. The van der Waals surface area contributed by atoms with Gasteiger partial charge in [-0.2, -0.15) is 0 Å². The highest BCUT2D eigenvalue weighted by molar-refractivity contribution is 7.80. The molecule has 0 saturated carbocycles. The van der Waals surface area contributed by atoms with Crippen molar-refractivity contribution in [2.24, 2.45) is 5.73 Å². The molecule has 7 heteroatoms. The number of ether oxygens (including phenoxy) is 1. The third-order valence-electron chi connectivity index (χ3n) is 2.51. The number of anilines is 1.